The van der Waals surface area contributed by atoms with Crippen molar-refractivity contribution in [2.24, 2.45) is 0 Å². The smallest absolute Gasteiger partial charge is 0.307 e. The van der Waals surface area contributed by atoms with Gasteiger partial charge in [-0.3, -0.25) is 9.59 Å². The lowest BCUT2D eigenvalue weighted by Crippen LogP contribution is -2.43. The minimum absolute atomic E-state index is 0.180. The van der Waals surface area contributed by atoms with Crippen molar-refractivity contribution >= 4 is 11.9 Å². The van der Waals surface area contributed by atoms with Crippen molar-refractivity contribution in [1.82, 2.24) is 0 Å². The Morgan fingerprint density at radius 2 is 1.46 bits per heavy atom. The first kappa shape index (κ1) is 32.3. The van der Waals surface area contributed by atoms with E-state index in [9.17, 15) is 14.7 Å². The fraction of sp³-hybridized carbons (Fsp3) is 0.517. The molecule has 0 rings (SSSR count). The largest absolute Gasteiger partial charge is 0.481 e. The van der Waals surface area contributed by atoms with Crippen LogP contribution in [-0.4, -0.2) is 66.5 Å². The number of esters is 1. The second-order valence-corrected chi connectivity index (χ2v) is 9.34. The van der Waals surface area contributed by atoms with Crippen LogP contribution in [0.4, 0.5) is 0 Å². The SMILES string of the molecule is CC/C=C/C/C=C/C=C/C(O)C/C=C/C/C=C/C/C=C/CCC(=O)OC(CC(=O)O)C[N+](C)(C)C. The molecule has 0 aromatic rings. The molecule has 0 fully saturated rings. The van der Waals surface area contributed by atoms with Crippen LogP contribution in [0.3, 0.4) is 0 Å². The normalized spacial score (nSPS) is 14.9. The predicted molar refractivity (Wildman–Crippen MR) is 144 cm³/mol. The van der Waals surface area contributed by atoms with Gasteiger partial charge in [0.1, 0.15) is 6.54 Å². The Bertz CT molecular complexity index is 754. The Labute approximate surface area is 212 Å². The number of nitrogens with zero attached hydrogens (tertiary/aromatic N) is 1. The number of quaternary nitrogens is 1. The van der Waals surface area contributed by atoms with Crippen molar-refractivity contribution in [3.05, 3.63) is 72.9 Å². The van der Waals surface area contributed by atoms with Crippen LogP contribution in [0.25, 0.3) is 0 Å². The number of ether oxygens (including phenoxy) is 1. The number of aliphatic hydroxyl groups is 1. The van der Waals surface area contributed by atoms with Gasteiger partial charge in [-0.05, 0) is 38.5 Å². The van der Waals surface area contributed by atoms with Gasteiger partial charge in [0, 0.05) is 6.42 Å². The third-order valence-electron chi connectivity index (χ3n) is 4.64. The monoisotopic (exact) mass is 488 g/mol. The highest BCUT2D eigenvalue weighted by molar-refractivity contribution is 5.71. The van der Waals surface area contributed by atoms with Crippen LogP contribution < -0.4 is 0 Å². The number of rotatable bonds is 19. The van der Waals surface area contributed by atoms with Gasteiger partial charge >= 0.3 is 11.9 Å². The summed E-state index contributed by atoms with van der Waals surface area (Å²) in [5, 5.41) is 18.9. The number of aliphatic carboxylic acids is 1. The Morgan fingerprint density at radius 3 is 2.09 bits per heavy atom. The average Bonchev–Trinajstić information content (AvgIpc) is 2.75. The number of hydrogen-bond donors (Lipinski definition) is 2. The van der Waals surface area contributed by atoms with E-state index in [0.717, 1.165) is 25.7 Å². The van der Waals surface area contributed by atoms with Crippen molar-refractivity contribution in [1.29, 1.82) is 0 Å². The lowest BCUT2D eigenvalue weighted by Gasteiger charge is -2.28. The summed E-state index contributed by atoms with van der Waals surface area (Å²) >= 11 is 0. The van der Waals surface area contributed by atoms with Crippen LogP contribution in [0.2, 0.25) is 0 Å². The van der Waals surface area contributed by atoms with E-state index in [0.29, 0.717) is 23.9 Å². The number of carboxylic acid groups (broad SMARTS) is 1. The maximum Gasteiger partial charge on any atom is 0.307 e. The molecule has 0 saturated heterocycles. The second-order valence-electron chi connectivity index (χ2n) is 9.34. The molecule has 0 spiro atoms. The summed E-state index contributed by atoms with van der Waals surface area (Å²) in [4.78, 5) is 23.0. The minimum atomic E-state index is -0.968. The minimum Gasteiger partial charge on any atom is -0.481 e. The van der Waals surface area contributed by atoms with E-state index in [1.165, 1.54) is 0 Å². The highest BCUT2D eigenvalue weighted by Crippen LogP contribution is 2.08. The van der Waals surface area contributed by atoms with Crippen molar-refractivity contribution in [3.63, 3.8) is 0 Å². The molecule has 0 aliphatic rings. The summed E-state index contributed by atoms with van der Waals surface area (Å²) in [6.45, 7) is 2.57. The first-order valence-electron chi connectivity index (χ1n) is 12.5. The van der Waals surface area contributed by atoms with Crippen LogP contribution in [0.1, 0.15) is 58.3 Å². The van der Waals surface area contributed by atoms with Gasteiger partial charge in [0.15, 0.2) is 6.10 Å². The number of carboxylic acids is 1. The molecule has 2 N–H and O–H groups in total. The number of carbonyl (C=O) groups excluding carboxylic acids is 1. The van der Waals surface area contributed by atoms with Gasteiger partial charge in [-0.15, -0.1) is 0 Å². The molecule has 6 heteroatoms. The molecule has 6 nitrogen and oxygen atoms in total. The molecule has 0 heterocycles. The zero-order valence-corrected chi connectivity index (χ0v) is 22.0. The molecule has 2 atom stereocenters. The van der Waals surface area contributed by atoms with Crippen molar-refractivity contribution < 1.29 is 29.0 Å². The number of carbonyl (C=O) groups is 2. The molecular formula is C29H46NO5+. The van der Waals surface area contributed by atoms with E-state index in [-0.39, 0.29) is 18.8 Å². The summed E-state index contributed by atoms with van der Waals surface area (Å²) in [5.74, 6) is -1.34. The Hall–Kier alpha value is -2.70. The summed E-state index contributed by atoms with van der Waals surface area (Å²) in [7, 11) is 5.80. The number of allylic oxidation sites excluding steroid dienone is 10. The molecule has 196 valence electrons. The van der Waals surface area contributed by atoms with Crippen LogP contribution in [-0.2, 0) is 14.3 Å². The zero-order chi connectivity index (χ0) is 26.4. The summed E-state index contributed by atoms with van der Waals surface area (Å²) in [6.07, 6.45) is 27.6. The third-order valence-corrected chi connectivity index (χ3v) is 4.64. The summed E-state index contributed by atoms with van der Waals surface area (Å²) in [6, 6.07) is 0. The Balaban J connectivity index is 4.01. The topological polar surface area (TPSA) is 83.8 Å². The van der Waals surface area contributed by atoms with E-state index in [1.54, 1.807) is 6.08 Å². The fourth-order valence-corrected chi connectivity index (χ4v) is 3.06. The maximum absolute atomic E-state index is 12.0. The predicted octanol–water partition coefficient (Wildman–Crippen LogP) is 5.53. The lowest BCUT2D eigenvalue weighted by molar-refractivity contribution is -0.873. The van der Waals surface area contributed by atoms with Gasteiger partial charge in [0.05, 0.1) is 33.7 Å². The highest BCUT2D eigenvalue weighted by Gasteiger charge is 2.24. The first-order chi connectivity index (χ1) is 16.6. The molecule has 0 aliphatic carbocycles. The van der Waals surface area contributed by atoms with E-state index < -0.39 is 18.2 Å². The Kier molecular flexibility index (Phi) is 19.1. The van der Waals surface area contributed by atoms with Crippen LogP contribution in [0.15, 0.2) is 72.9 Å². The molecule has 0 aromatic heterocycles. The van der Waals surface area contributed by atoms with E-state index in [2.05, 4.69) is 37.3 Å². The van der Waals surface area contributed by atoms with Gasteiger partial charge < -0.3 is 19.4 Å². The number of aliphatic hydroxyl groups excluding tert-OH is 1. The van der Waals surface area contributed by atoms with Gasteiger partial charge in [-0.25, -0.2) is 0 Å². The van der Waals surface area contributed by atoms with E-state index in [4.69, 9.17) is 9.84 Å². The van der Waals surface area contributed by atoms with Crippen LogP contribution >= 0.6 is 0 Å². The van der Waals surface area contributed by atoms with Crippen LogP contribution in [0, 0.1) is 0 Å². The van der Waals surface area contributed by atoms with Gasteiger partial charge in [0.25, 0.3) is 0 Å². The molecule has 0 amide bonds. The fourth-order valence-electron chi connectivity index (χ4n) is 3.06. The second kappa shape index (κ2) is 20.7. The Morgan fingerprint density at radius 1 is 0.857 bits per heavy atom. The van der Waals surface area contributed by atoms with Gasteiger partial charge in [-0.2, -0.15) is 0 Å². The summed E-state index contributed by atoms with van der Waals surface area (Å²) < 4.78 is 5.89. The molecule has 0 aromatic carbocycles. The van der Waals surface area contributed by atoms with Crippen molar-refractivity contribution in [2.75, 3.05) is 27.7 Å². The molecule has 0 aliphatic heterocycles. The maximum atomic E-state index is 12.0. The number of hydrogen-bond acceptors (Lipinski definition) is 4. The summed E-state index contributed by atoms with van der Waals surface area (Å²) in [5.41, 5.74) is 0. The zero-order valence-electron chi connectivity index (χ0n) is 22.0. The molecule has 0 saturated carbocycles. The molecule has 0 radical (unpaired) electrons. The van der Waals surface area contributed by atoms with E-state index in [1.807, 2.05) is 57.6 Å². The average molecular weight is 489 g/mol. The van der Waals surface area contributed by atoms with Crippen molar-refractivity contribution in [2.45, 2.75) is 70.5 Å². The number of likely N-dealkylation sites (N-methyl/N-ethyl adjacent to an activating group) is 1. The van der Waals surface area contributed by atoms with E-state index >= 15 is 0 Å². The van der Waals surface area contributed by atoms with Crippen LogP contribution in [0.5, 0.6) is 0 Å². The molecule has 0 bridgehead atoms. The first-order valence-corrected chi connectivity index (χ1v) is 12.5. The highest BCUT2D eigenvalue weighted by atomic mass is 16.5. The standard InChI is InChI=1S/C29H45NO5/c1-5-6-7-8-12-15-18-21-26(31)22-19-16-13-10-9-11-14-17-20-23-29(34)35-27(24-28(32)33)25-30(2,3)4/h6-7,9-10,12,14-19,21,26-27,31H,5,8,11,13,20,22-25H2,1-4H3/p+1/b7-6+,10-9+,15-12+,17-14+,19-16+,21-18+. The molecule has 2 unspecified atom stereocenters. The van der Waals surface area contributed by atoms with Gasteiger partial charge in [-0.1, -0.05) is 79.8 Å². The third kappa shape index (κ3) is 24.2. The quantitative estimate of drug-likeness (QED) is 0.108. The molecule has 35 heavy (non-hydrogen) atoms. The van der Waals surface area contributed by atoms with Crippen molar-refractivity contribution in [3.8, 4) is 0 Å². The molecular weight excluding hydrogens is 442 g/mol. The van der Waals surface area contributed by atoms with Gasteiger partial charge in [0.2, 0.25) is 0 Å². The lowest BCUT2D eigenvalue weighted by atomic mass is 10.2.